The molecule has 2 aromatic heterocycles. The van der Waals surface area contributed by atoms with Gasteiger partial charge < -0.3 is 10.4 Å². The van der Waals surface area contributed by atoms with Gasteiger partial charge in [0.15, 0.2) is 5.65 Å². The van der Waals surface area contributed by atoms with Crippen LogP contribution in [-0.2, 0) is 4.79 Å². The van der Waals surface area contributed by atoms with Crippen molar-refractivity contribution in [1.82, 2.24) is 20.1 Å². The van der Waals surface area contributed by atoms with Crippen LogP contribution in [0.5, 0.6) is 0 Å². The number of hydrogen-bond acceptors (Lipinski definition) is 4. The van der Waals surface area contributed by atoms with Gasteiger partial charge in [0, 0.05) is 18.3 Å². The molecule has 130 valence electrons. The van der Waals surface area contributed by atoms with E-state index in [1.165, 1.54) is 0 Å². The molecule has 2 heterocycles. The van der Waals surface area contributed by atoms with Crippen LogP contribution in [0.3, 0.4) is 0 Å². The quantitative estimate of drug-likeness (QED) is 0.847. The highest BCUT2D eigenvalue weighted by atomic mass is 16.4. The van der Waals surface area contributed by atoms with Crippen LogP contribution in [0.15, 0.2) is 12.3 Å². The summed E-state index contributed by atoms with van der Waals surface area (Å²) < 4.78 is 1.78. The summed E-state index contributed by atoms with van der Waals surface area (Å²) in [5.41, 5.74) is 1.05. The Morgan fingerprint density at radius 2 is 2.04 bits per heavy atom. The molecule has 2 rings (SSSR count). The highest BCUT2D eigenvalue weighted by molar-refractivity contribution is 6.05. The highest BCUT2D eigenvalue weighted by Gasteiger charge is 2.27. The van der Waals surface area contributed by atoms with Crippen molar-refractivity contribution in [1.29, 1.82) is 0 Å². The van der Waals surface area contributed by atoms with Gasteiger partial charge in [-0.15, -0.1) is 0 Å². The topological polar surface area (TPSA) is 97.1 Å². The van der Waals surface area contributed by atoms with E-state index in [4.69, 9.17) is 5.11 Å². The number of aliphatic carboxylic acids is 1. The van der Waals surface area contributed by atoms with Crippen LogP contribution in [0.4, 0.5) is 0 Å². The van der Waals surface area contributed by atoms with E-state index in [-0.39, 0.29) is 11.9 Å². The van der Waals surface area contributed by atoms with Gasteiger partial charge in [-0.05, 0) is 47.1 Å². The number of aryl methyl sites for hydroxylation is 1. The number of fused-ring (bicyclic) bond motifs is 1. The number of amides is 1. The molecule has 0 aliphatic heterocycles. The lowest BCUT2D eigenvalue weighted by Crippen LogP contribution is -2.32. The zero-order chi connectivity index (χ0) is 18.1. The van der Waals surface area contributed by atoms with E-state index in [2.05, 4.69) is 15.4 Å². The fraction of sp³-hybridized carbons (Fsp3) is 0.529. The summed E-state index contributed by atoms with van der Waals surface area (Å²) in [5, 5.41) is 16.9. The number of carbonyl (C=O) groups is 2. The molecule has 2 aromatic rings. The average Bonchev–Trinajstić information content (AvgIpc) is 2.89. The Kier molecular flexibility index (Phi) is 4.91. The summed E-state index contributed by atoms with van der Waals surface area (Å²) in [6.45, 7) is 9.42. The first-order valence-electron chi connectivity index (χ1n) is 8.00. The second kappa shape index (κ2) is 6.59. The number of nitrogens with zero attached hydrogens (tertiary/aromatic N) is 3. The van der Waals surface area contributed by atoms with Gasteiger partial charge in [0.05, 0.1) is 22.6 Å². The fourth-order valence-corrected chi connectivity index (χ4v) is 2.40. The molecule has 0 fully saturated rings. The summed E-state index contributed by atoms with van der Waals surface area (Å²) in [6, 6.07) is 1.87. The fourth-order valence-electron chi connectivity index (χ4n) is 2.40. The lowest BCUT2D eigenvalue weighted by Gasteiger charge is -2.19. The maximum absolute atomic E-state index is 12.5. The molecule has 0 aliphatic rings. The summed E-state index contributed by atoms with van der Waals surface area (Å²) in [6.07, 6.45) is 2.00. The summed E-state index contributed by atoms with van der Waals surface area (Å²) in [5.74, 6) is -1.12. The molecule has 7 nitrogen and oxygen atoms in total. The van der Waals surface area contributed by atoms with Gasteiger partial charge in [0.25, 0.3) is 5.91 Å². The molecule has 0 radical (unpaired) electrons. The van der Waals surface area contributed by atoms with Gasteiger partial charge in [-0.25, -0.2) is 9.67 Å². The van der Waals surface area contributed by atoms with Crippen molar-refractivity contribution in [2.45, 2.75) is 47.1 Å². The second-order valence-electron chi connectivity index (χ2n) is 6.93. The molecule has 0 spiro atoms. The van der Waals surface area contributed by atoms with E-state index in [1.54, 1.807) is 30.8 Å². The molecule has 0 saturated heterocycles. The number of carbonyl (C=O) groups excluding carboxylic acids is 1. The normalized spacial score (nSPS) is 11.9. The van der Waals surface area contributed by atoms with Crippen LogP contribution < -0.4 is 5.32 Å². The first kappa shape index (κ1) is 17.9. The number of carboxylic acids is 1. The zero-order valence-corrected chi connectivity index (χ0v) is 14.8. The molecule has 0 bridgehead atoms. The molecule has 0 unspecified atom stereocenters. The maximum atomic E-state index is 12.5. The van der Waals surface area contributed by atoms with Gasteiger partial charge in [-0.1, -0.05) is 0 Å². The molecule has 24 heavy (non-hydrogen) atoms. The Hall–Kier alpha value is -2.44. The number of pyridine rings is 1. The minimum Gasteiger partial charge on any atom is -0.481 e. The minimum atomic E-state index is -0.878. The van der Waals surface area contributed by atoms with Gasteiger partial charge in [-0.3, -0.25) is 9.59 Å². The van der Waals surface area contributed by atoms with Crippen molar-refractivity contribution < 1.29 is 14.7 Å². The molecule has 7 heteroatoms. The molecular formula is C17H24N4O3. The molecule has 0 atom stereocenters. The Morgan fingerprint density at radius 1 is 1.38 bits per heavy atom. The lowest BCUT2D eigenvalue weighted by molar-refractivity contribution is -0.147. The third-order valence-electron chi connectivity index (χ3n) is 4.04. The molecule has 1 amide bonds. The third kappa shape index (κ3) is 3.55. The van der Waals surface area contributed by atoms with Gasteiger partial charge in [0.1, 0.15) is 0 Å². The van der Waals surface area contributed by atoms with E-state index < -0.39 is 11.4 Å². The van der Waals surface area contributed by atoms with Crippen molar-refractivity contribution in [3.8, 4) is 0 Å². The van der Waals surface area contributed by atoms with Gasteiger partial charge in [0.2, 0.25) is 0 Å². The van der Waals surface area contributed by atoms with Crippen molar-refractivity contribution in [2.24, 2.45) is 5.41 Å². The van der Waals surface area contributed by atoms with Crippen LogP contribution in [0.25, 0.3) is 11.0 Å². The van der Waals surface area contributed by atoms with E-state index in [1.807, 2.05) is 20.8 Å². The Balaban J connectivity index is 2.22. The zero-order valence-electron chi connectivity index (χ0n) is 14.8. The van der Waals surface area contributed by atoms with Crippen LogP contribution in [0, 0.1) is 12.3 Å². The monoisotopic (exact) mass is 332 g/mol. The van der Waals surface area contributed by atoms with E-state index in [0.717, 1.165) is 5.69 Å². The van der Waals surface area contributed by atoms with Crippen LogP contribution in [0.1, 0.15) is 56.2 Å². The predicted octanol–water partition coefficient (Wildman–Crippen LogP) is 2.55. The first-order chi connectivity index (χ1) is 11.1. The maximum Gasteiger partial charge on any atom is 0.309 e. The van der Waals surface area contributed by atoms with Crippen LogP contribution in [-0.4, -0.2) is 38.3 Å². The first-order valence-corrected chi connectivity index (χ1v) is 8.00. The van der Waals surface area contributed by atoms with Crippen molar-refractivity contribution in [2.75, 3.05) is 6.54 Å². The van der Waals surface area contributed by atoms with Crippen LogP contribution >= 0.6 is 0 Å². The molecular weight excluding hydrogens is 308 g/mol. The molecule has 0 aliphatic carbocycles. The smallest absolute Gasteiger partial charge is 0.309 e. The molecule has 0 saturated carbocycles. The summed E-state index contributed by atoms with van der Waals surface area (Å²) >= 11 is 0. The largest absolute Gasteiger partial charge is 0.481 e. The number of carboxylic acid groups (broad SMARTS) is 1. The number of hydrogen-bond donors (Lipinski definition) is 2. The third-order valence-corrected chi connectivity index (χ3v) is 4.04. The van der Waals surface area contributed by atoms with Crippen LogP contribution in [0.2, 0.25) is 0 Å². The van der Waals surface area contributed by atoms with Crippen molar-refractivity contribution in [3.63, 3.8) is 0 Å². The number of rotatable bonds is 6. The van der Waals surface area contributed by atoms with Crippen molar-refractivity contribution >= 4 is 22.9 Å². The number of nitrogens with one attached hydrogen (secondary N) is 1. The van der Waals surface area contributed by atoms with E-state index >= 15 is 0 Å². The van der Waals surface area contributed by atoms with E-state index in [9.17, 15) is 9.59 Å². The number of aromatic nitrogens is 3. The summed E-state index contributed by atoms with van der Waals surface area (Å²) in [4.78, 5) is 28.1. The molecule has 2 N–H and O–H groups in total. The Labute approximate surface area is 141 Å². The summed E-state index contributed by atoms with van der Waals surface area (Å²) in [7, 11) is 0. The SMILES string of the molecule is Cc1cc(C(=O)NCCC(C)(C)C(=O)O)c2cnn(C(C)C)c2n1. The van der Waals surface area contributed by atoms with Gasteiger partial charge >= 0.3 is 5.97 Å². The Morgan fingerprint density at radius 3 is 2.62 bits per heavy atom. The Bertz CT molecular complexity index is 777. The lowest BCUT2D eigenvalue weighted by atomic mass is 9.89. The minimum absolute atomic E-state index is 0.143. The standard InChI is InChI=1S/C17H24N4O3/c1-10(2)21-14-13(9-19-21)12(8-11(3)20-14)15(22)18-7-6-17(4,5)16(23)24/h8-10H,6-7H2,1-5H3,(H,18,22)(H,23,24). The highest BCUT2D eigenvalue weighted by Crippen LogP contribution is 2.22. The van der Waals surface area contributed by atoms with Crippen molar-refractivity contribution in [3.05, 3.63) is 23.5 Å². The van der Waals surface area contributed by atoms with E-state index in [0.29, 0.717) is 29.6 Å². The second-order valence-corrected chi connectivity index (χ2v) is 6.93. The predicted molar refractivity (Wildman–Crippen MR) is 91.0 cm³/mol. The average molecular weight is 332 g/mol. The molecule has 0 aromatic carbocycles. The van der Waals surface area contributed by atoms with Gasteiger partial charge in [-0.2, -0.15) is 5.10 Å².